The van der Waals surface area contributed by atoms with Crippen LogP contribution in [-0.2, 0) is 41.6 Å². The van der Waals surface area contributed by atoms with E-state index in [9.17, 15) is 36.6 Å². The predicted octanol–water partition coefficient (Wildman–Crippen LogP) is 3.31. The second-order valence-electron chi connectivity index (χ2n) is 9.72. The summed E-state index contributed by atoms with van der Waals surface area (Å²) in [6.45, 7) is 5.15. The zero-order valence-electron chi connectivity index (χ0n) is 22.3. The molecule has 2 unspecified atom stereocenters. The zero-order chi connectivity index (χ0) is 29.2. The van der Waals surface area contributed by atoms with E-state index in [0.717, 1.165) is 37.1 Å². The molecule has 1 aliphatic heterocycles. The number of Topliss-reactive ketones (excluding diaryl/α,β-unsaturated/α-hetero) is 1. The third kappa shape index (κ3) is 10.6. The molecule has 0 aliphatic carbocycles. The van der Waals surface area contributed by atoms with Crippen LogP contribution in [0.2, 0.25) is 0 Å². The molecule has 1 aliphatic rings. The van der Waals surface area contributed by atoms with Crippen LogP contribution in [0.1, 0.15) is 64.0 Å². The maximum atomic E-state index is 13.2. The van der Waals surface area contributed by atoms with Gasteiger partial charge in [-0.2, -0.15) is 13.2 Å². The summed E-state index contributed by atoms with van der Waals surface area (Å²) in [5.41, 5.74) is -0.805. The van der Waals surface area contributed by atoms with E-state index < -0.39 is 51.3 Å². The second-order valence-corrected chi connectivity index (χ2v) is 13.2. The molecule has 1 saturated heterocycles. The minimum absolute atomic E-state index is 0.111. The molecule has 0 aromatic heterocycles. The molecule has 218 valence electrons. The van der Waals surface area contributed by atoms with Crippen LogP contribution in [0.3, 0.4) is 0 Å². The molecule has 3 amide bonds. The summed E-state index contributed by atoms with van der Waals surface area (Å²) in [6, 6.07) is 1.86. The van der Waals surface area contributed by atoms with Crippen molar-refractivity contribution >= 4 is 44.1 Å². The van der Waals surface area contributed by atoms with Gasteiger partial charge < -0.3 is 16.0 Å². The van der Waals surface area contributed by atoms with Gasteiger partial charge in [-0.05, 0) is 43.7 Å². The number of hydrogen-bond acceptors (Lipinski definition) is 6. The first-order valence-electron chi connectivity index (χ1n) is 12.9. The Morgan fingerprint density at radius 1 is 1.13 bits per heavy atom. The molecule has 4 atom stereocenters. The lowest BCUT2D eigenvalue weighted by molar-refractivity contribution is -0.140. The lowest BCUT2D eigenvalue weighted by Crippen LogP contribution is -2.56. The Morgan fingerprint density at radius 2 is 1.85 bits per heavy atom. The minimum Gasteiger partial charge on any atom is -0.350 e. The Hall–Kier alpha value is -2.41. The normalized spacial score (nSPS) is 18.8. The smallest absolute Gasteiger partial charge is 0.350 e. The van der Waals surface area contributed by atoms with Gasteiger partial charge in [0.15, 0.2) is 0 Å². The molecule has 39 heavy (non-hydrogen) atoms. The summed E-state index contributed by atoms with van der Waals surface area (Å²) in [5.74, 6) is -2.55. The number of benzene rings is 1. The first-order chi connectivity index (χ1) is 18.3. The molecule has 1 heterocycles. The van der Waals surface area contributed by atoms with Crippen LogP contribution in [0, 0.1) is 5.92 Å². The SMILES string of the molecule is CCNC(=O)C(=O)[C@H](Cc1cccc(C(F)(F)F)c1)NC(=O)[C@@H](NC(=O)CCCCC1CCSS1=O)C(C)C. The van der Waals surface area contributed by atoms with Crippen LogP contribution in [0.15, 0.2) is 24.3 Å². The Labute approximate surface area is 232 Å². The summed E-state index contributed by atoms with van der Waals surface area (Å²) < 4.78 is 51.3. The van der Waals surface area contributed by atoms with E-state index in [0.29, 0.717) is 6.42 Å². The number of carbonyl (C=O) groups is 4. The van der Waals surface area contributed by atoms with E-state index in [1.165, 1.54) is 22.9 Å². The number of hydrogen-bond donors (Lipinski definition) is 3. The van der Waals surface area contributed by atoms with Gasteiger partial charge in [0.1, 0.15) is 12.1 Å². The number of unbranched alkanes of at least 4 members (excludes halogenated alkanes) is 1. The number of carbonyl (C=O) groups excluding carboxylic acids is 4. The molecule has 0 radical (unpaired) electrons. The van der Waals surface area contributed by atoms with Crippen molar-refractivity contribution in [3.8, 4) is 0 Å². The fourth-order valence-corrected chi connectivity index (χ4v) is 7.61. The highest BCUT2D eigenvalue weighted by Crippen LogP contribution is 2.30. The molecule has 13 heteroatoms. The molecular formula is C26H36F3N3O5S2. The third-order valence-corrected chi connectivity index (χ3v) is 9.91. The molecule has 1 aromatic rings. The topological polar surface area (TPSA) is 121 Å². The van der Waals surface area contributed by atoms with E-state index in [-0.39, 0.29) is 42.0 Å². The van der Waals surface area contributed by atoms with Crippen molar-refractivity contribution in [3.05, 3.63) is 35.4 Å². The van der Waals surface area contributed by atoms with E-state index in [2.05, 4.69) is 16.0 Å². The molecule has 0 spiro atoms. The van der Waals surface area contributed by atoms with Gasteiger partial charge in [-0.1, -0.05) is 49.3 Å². The minimum atomic E-state index is -4.60. The van der Waals surface area contributed by atoms with Crippen LogP contribution in [0.4, 0.5) is 13.2 Å². The lowest BCUT2D eigenvalue weighted by atomic mass is 9.97. The van der Waals surface area contributed by atoms with Crippen molar-refractivity contribution in [3.63, 3.8) is 0 Å². The largest absolute Gasteiger partial charge is 0.416 e. The van der Waals surface area contributed by atoms with Gasteiger partial charge >= 0.3 is 6.18 Å². The summed E-state index contributed by atoms with van der Waals surface area (Å²) in [6.07, 6.45) is -1.83. The summed E-state index contributed by atoms with van der Waals surface area (Å²) in [7, 11) is 0.567. The van der Waals surface area contributed by atoms with Crippen molar-refractivity contribution in [2.24, 2.45) is 5.92 Å². The third-order valence-electron chi connectivity index (χ3n) is 6.25. The van der Waals surface area contributed by atoms with Gasteiger partial charge in [0, 0.05) is 30.4 Å². The van der Waals surface area contributed by atoms with Gasteiger partial charge in [-0.25, -0.2) is 4.21 Å². The molecule has 2 rings (SSSR count). The second kappa shape index (κ2) is 15.4. The zero-order valence-corrected chi connectivity index (χ0v) is 23.9. The monoisotopic (exact) mass is 591 g/mol. The number of likely N-dealkylation sites (N-methyl/N-ethyl adjacent to an activating group) is 1. The summed E-state index contributed by atoms with van der Waals surface area (Å²) >= 11 is 0. The average Bonchev–Trinajstić information content (AvgIpc) is 3.28. The summed E-state index contributed by atoms with van der Waals surface area (Å²) in [5, 5.41) is 7.64. The number of amides is 3. The Morgan fingerprint density at radius 3 is 2.44 bits per heavy atom. The molecule has 3 N–H and O–H groups in total. The number of nitrogens with one attached hydrogen (secondary N) is 3. The lowest BCUT2D eigenvalue weighted by Gasteiger charge is -2.25. The number of ketones is 1. The van der Waals surface area contributed by atoms with Crippen LogP contribution < -0.4 is 16.0 Å². The van der Waals surface area contributed by atoms with Crippen molar-refractivity contribution in [1.29, 1.82) is 0 Å². The molecule has 8 nitrogen and oxygen atoms in total. The number of rotatable bonds is 14. The molecule has 1 aromatic carbocycles. The van der Waals surface area contributed by atoms with Gasteiger partial charge in [-0.3, -0.25) is 19.2 Å². The van der Waals surface area contributed by atoms with Crippen LogP contribution in [0.25, 0.3) is 0 Å². The van der Waals surface area contributed by atoms with Crippen LogP contribution in [-0.4, -0.2) is 57.3 Å². The fourth-order valence-electron chi connectivity index (χ4n) is 4.12. The molecule has 0 saturated carbocycles. The Balaban J connectivity index is 2.06. The number of halogens is 3. The predicted molar refractivity (Wildman–Crippen MR) is 145 cm³/mol. The van der Waals surface area contributed by atoms with Crippen molar-refractivity contribution in [2.45, 2.75) is 82.8 Å². The quantitative estimate of drug-likeness (QED) is 0.173. The highest BCUT2D eigenvalue weighted by atomic mass is 33.1. The highest BCUT2D eigenvalue weighted by molar-refractivity contribution is 8.69. The Bertz CT molecular complexity index is 1050. The number of alkyl halides is 3. The first kappa shape index (κ1) is 32.8. The van der Waals surface area contributed by atoms with Crippen LogP contribution in [0.5, 0.6) is 0 Å². The molecule has 1 fully saturated rings. The van der Waals surface area contributed by atoms with Gasteiger partial charge in [0.2, 0.25) is 17.6 Å². The van der Waals surface area contributed by atoms with E-state index in [1.807, 2.05) is 0 Å². The first-order valence-corrected chi connectivity index (χ1v) is 15.7. The Kier molecular flexibility index (Phi) is 12.9. The maximum Gasteiger partial charge on any atom is 0.416 e. The highest BCUT2D eigenvalue weighted by Gasteiger charge is 2.33. The average molecular weight is 592 g/mol. The van der Waals surface area contributed by atoms with E-state index >= 15 is 0 Å². The van der Waals surface area contributed by atoms with Gasteiger partial charge in [0.05, 0.1) is 15.4 Å². The molecule has 0 bridgehead atoms. The summed E-state index contributed by atoms with van der Waals surface area (Å²) in [4.78, 5) is 50.8. The van der Waals surface area contributed by atoms with Crippen LogP contribution >= 0.6 is 10.8 Å². The standard InChI is InChI=1S/C26H36F3N3O5S2/c1-4-30-25(36)23(34)20(15-17-8-7-9-18(14-17)26(27,28)29)31-24(35)22(16(2)3)32-21(33)11-6-5-10-19-12-13-38-39(19)37/h7-9,14,16,19-20,22H,4-6,10-13,15H2,1-3H3,(H,30,36)(H,31,35)(H,32,33)/t19?,20-,22-,39?/m0/s1. The van der Waals surface area contributed by atoms with E-state index in [4.69, 9.17) is 0 Å². The fraction of sp³-hybridized carbons (Fsp3) is 0.615. The van der Waals surface area contributed by atoms with Crippen molar-refractivity contribution < 1.29 is 36.6 Å². The maximum absolute atomic E-state index is 13.2. The van der Waals surface area contributed by atoms with Crippen molar-refractivity contribution in [2.75, 3.05) is 12.3 Å². The van der Waals surface area contributed by atoms with Crippen molar-refractivity contribution in [1.82, 2.24) is 16.0 Å². The van der Waals surface area contributed by atoms with E-state index in [1.54, 1.807) is 20.8 Å². The molecular weight excluding hydrogens is 555 g/mol. The van der Waals surface area contributed by atoms with Gasteiger partial charge in [-0.15, -0.1) is 0 Å². The van der Waals surface area contributed by atoms with Gasteiger partial charge in [0.25, 0.3) is 5.91 Å².